The van der Waals surface area contributed by atoms with Gasteiger partial charge in [0.1, 0.15) is 18.2 Å². The van der Waals surface area contributed by atoms with Crippen LogP contribution in [-0.4, -0.2) is 7.11 Å². The summed E-state index contributed by atoms with van der Waals surface area (Å²) in [6.07, 6.45) is 0. The van der Waals surface area contributed by atoms with Crippen molar-refractivity contribution in [1.29, 1.82) is 0 Å². The Labute approximate surface area is 151 Å². The first-order chi connectivity index (χ1) is 12.7. The maximum atomic E-state index is 13.7. The summed E-state index contributed by atoms with van der Waals surface area (Å²) in [5.74, 6) is 0.543. The predicted molar refractivity (Wildman–Crippen MR) is 97.5 cm³/mol. The molecule has 1 N–H and O–H groups in total. The van der Waals surface area contributed by atoms with Crippen LogP contribution < -0.4 is 14.8 Å². The SMILES string of the molecule is COc1cc(CNc2ccc(F)cc2)ccc1OCc1ccccc1F. The first-order valence-electron chi connectivity index (χ1n) is 8.18. The van der Waals surface area contributed by atoms with Crippen LogP contribution in [0.15, 0.2) is 66.7 Å². The van der Waals surface area contributed by atoms with E-state index in [-0.39, 0.29) is 18.2 Å². The average Bonchev–Trinajstić information content (AvgIpc) is 2.67. The van der Waals surface area contributed by atoms with E-state index in [1.54, 1.807) is 43.5 Å². The highest BCUT2D eigenvalue weighted by Crippen LogP contribution is 2.29. The summed E-state index contributed by atoms with van der Waals surface area (Å²) in [6, 6.07) is 18.2. The van der Waals surface area contributed by atoms with Crippen molar-refractivity contribution in [3.8, 4) is 11.5 Å². The molecule has 0 atom stereocenters. The fraction of sp³-hybridized carbons (Fsp3) is 0.143. The molecule has 0 aliphatic rings. The third-order valence-electron chi connectivity index (χ3n) is 3.91. The van der Waals surface area contributed by atoms with Gasteiger partial charge in [-0.1, -0.05) is 24.3 Å². The van der Waals surface area contributed by atoms with E-state index in [0.29, 0.717) is 23.6 Å². The van der Waals surface area contributed by atoms with Crippen molar-refractivity contribution in [3.05, 3.63) is 89.5 Å². The zero-order valence-electron chi connectivity index (χ0n) is 14.3. The van der Waals surface area contributed by atoms with Crippen molar-refractivity contribution in [3.63, 3.8) is 0 Å². The summed E-state index contributed by atoms with van der Waals surface area (Å²) in [6.45, 7) is 0.672. The number of nitrogens with one attached hydrogen (secondary N) is 1. The van der Waals surface area contributed by atoms with E-state index in [2.05, 4.69) is 5.32 Å². The van der Waals surface area contributed by atoms with E-state index < -0.39 is 0 Å². The van der Waals surface area contributed by atoms with Gasteiger partial charge in [0.2, 0.25) is 0 Å². The fourth-order valence-electron chi connectivity index (χ4n) is 2.48. The van der Waals surface area contributed by atoms with Crippen molar-refractivity contribution in [2.45, 2.75) is 13.2 Å². The Bertz CT molecular complexity index is 866. The van der Waals surface area contributed by atoms with Crippen LogP contribution in [-0.2, 0) is 13.2 Å². The highest BCUT2D eigenvalue weighted by Gasteiger charge is 2.08. The van der Waals surface area contributed by atoms with Gasteiger partial charge in [-0.25, -0.2) is 8.78 Å². The lowest BCUT2D eigenvalue weighted by molar-refractivity contribution is 0.279. The Kier molecular flexibility index (Phi) is 5.69. The quantitative estimate of drug-likeness (QED) is 0.635. The molecule has 0 saturated carbocycles. The highest BCUT2D eigenvalue weighted by atomic mass is 19.1. The molecule has 134 valence electrons. The fourth-order valence-corrected chi connectivity index (χ4v) is 2.48. The van der Waals surface area contributed by atoms with Crippen LogP contribution in [0.2, 0.25) is 0 Å². The number of rotatable bonds is 7. The molecule has 3 nitrogen and oxygen atoms in total. The van der Waals surface area contributed by atoms with Gasteiger partial charge in [-0.2, -0.15) is 0 Å². The number of benzene rings is 3. The molecule has 3 rings (SSSR count). The van der Waals surface area contributed by atoms with Crippen LogP contribution in [0.4, 0.5) is 14.5 Å². The van der Waals surface area contributed by atoms with Gasteiger partial charge in [0.05, 0.1) is 7.11 Å². The Balaban J connectivity index is 1.65. The summed E-state index contributed by atoms with van der Waals surface area (Å²) in [5.41, 5.74) is 2.28. The number of halogens is 2. The minimum Gasteiger partial charge on any atom is -0.493 e. The van der Waals surface area contributed by atoms with Gasteiger partial charge in [-0.15, -0.1) is 0 Å². The van der Waals surface area contributed by atoms with Crippen molar-refractivity contribution >= 4 is 5.69 Å². The first-order valence-corrected chi connectivity index (χ1v) is 8.18. The second kappa shape index (κ2) is 8.34. The third kappa shape index (κ3) is 4.51. The maximum absolute atomic E-state index is 13.7. The second-order valence-electron chi connectivity index (χ2n) is 5.73. The monoisotopic (exact) mass is 355 g/mol. The third-order valence-corrected chi connectivity index (χ3v) is 3.91. The maximum Gasteiger partial charge on any atom is 0.161 e. The number of methoxy groups -OCH3 is 1. The molecule has 0 spiro atoms. The Morgan fingerprint density at radius 3 is 2.38 bits per heavy atom. The zero-order valence-corrected chi connectivity index (χ0v) is 14.3. The molecule has 26 heavy (non-hydrogen) atoms. The normalized spacial score (nSPS) is 10.4. The lowest BCUT2D eigenvalue weighted by Gasteiger charge is -2.13. The van der Waals surface area contributed by atoms with Gasteiger partial charge in [0, 0.05) is 17.8 Å². The topological polar surface area (TPSA) is 30.5 Å². The van der Waals surface area contributed by atoms with Crippen LogP contribution in [0.1, 0.15) is 11.1 Å². The molecule has 0 aliphatic heterocycles. The van der Waals surface area contributed by atoms with Gasteiger partial charge in [0.25, 0.3) is 0 Å². The standard InChI is InChI=1S/C21H19F2NO2/c1-25-21-12-15(13-24-18-9-7-17(22)8-10-18)6-11-20(21)26-14-16-4-2-3-5-19(16)23/h2-12,24H,13-14H2,1H3. The van der Waals surface area contributed by atoms with E-state index in [4.69, 9.17) is 9.47 Å². The largest absolute Gasteiger partial charge is 0.493 e. The van der Waals surface area contributed by atoms with Gasteiger partial charge in [-0.3, -0.25) is 0 Å². The van der Waals surface area contributed by atoms with Gasteiger partial charge in [-0.05, 0) is 48.0 Å². The summed E-state index contributed by atoms with van der Waals surface area (Å²) in [7, 11) is 1.56. The van der Waals surface area contributed by atoms with Crippen molar-refractivity contribution < 1.29 is 18.3 Å². The van der Waals surface area contributed by atoms with Crippen LogP contribution in [0, 0.1) is 11.6 Å². The number of anilines is 1. The van der Waals surface area contributed by atoms with E-state index in [0.717, 1.165) is 11.3 Å². The number of hydrogen-bond acceptors (Lipinski definition) is 3. The Hall–Kier alpha value is -3.08. The molecule has 3 aromatic rings. The smallest absolute Gasteiger partial charge is 0.161 e. The van der Waals surface area contributed by atoms with E-state index >= 15 is 0 Å². The Morgan fingerprint density at radius 2 is 1.65 bits per heavy atom. The van der Waals surface area contributed by atoms with E-state index in [1.165, 1.54) is 18.2 Å². The Morgan fingerprint density at radius 1 is 0.885 bits per heavy atom. The summed E-state index contributed by atoms with van der Waals surface area (Å²) in [4.78, 5) is 0. The average molecular weight is 355 g/mol. The van der Waals surface area contributed by atoms with Crippen molar-refractivity contribution in [1.82, 2.24) is 0 Å². The molecular weight excluding hydrogens is 336 g/mol. The van der Waals surface area contributed by atoms with Crippen LogP contribution in [0.5, 0.6) is 11.5 Å². The first kappa shape index (κ1) is 17.7. The molecule has 0 amide bonds. The van der Waals surface area contributed by atoms with Gasteiger partial charge >= 0.3 is 0 Å². The van der Waals surface area contributed by atoms with Crippen molar-refractivity contribution in [2.75, 3.05) is 12.4 Å². The molecule has 0 aliphatic carbocycles. The van der Waals surface area contributed by atoms with E-state index in [1.807, 2.05) is 12.1 Å². The lowest BCUT2D eigenvalue weighted by Crippen LogP contribution is -2.02. The molecule has 5 heteroatoms. The molecule has 0 radical (unpaired) electrons. The molecule has 0 bridgehead atoms. The second-order valence-corrected chi connectivity index (χ2v) is 5.73. The molecule has 0 fully saturated rings. The molecule has 0 aromatic heterocycles. The molecule has 0 unspecified atom stereocenters. The molecule has 3 aromatic carbocycles. The number of ether oxygens (including phenoxy) is 2. The molecular formula is C21H19F2NO2. The zero-order chi connectivity index (χ0) is 18.4. The molecule has 0 saturated heterocycles. The van der Waals surface area contributed by atoms with Gasteiger partial charge in [0.15, 0.2) is 11.5 Å². The van der Waals surface area contributed by atoms with Crippen molar-refractivity contribution in [2.24, 2.45) is 0 Å². The van der Waals surface area contributed by atoms with Crippen LogP contribution in [0.25, 0.3) is 0 Å². The highest BCUT2D eigenvalue weighted by molar-refractivity contribution is 5.46. The predicted octanol–water partition coefficient (Wildman–Crippen LogP) is 5.16. The lowest BCUT2D eigenvalue weighted by atomic mass is 10.2. The summed E-state index contributed by atoms with van der Waals surface area (Å²) >= 11 is 0. The van der Waals surface area contributed by atoms with E-state index in [9.17, 15) is 8.78 Å². The summed E-state index contributed by atoms with van der Waals surface area (Å²) < 4.78 is 37.7. The minimum atomic E-state index is -0.299. The van der Waals surface area contributed by atoms with Crippen LogP contribution in [0.3, 0.4) is 0 Å². The van der Waals surface area contributed by atoms with Crippen LogP contribution >= 0.6 is 0 Å². The minimum absolute atomic E-state index is 0.121. The number of hydrogen-bond donors (Lipinski definition) is 1. The summed E-state index contributed by atoms with van der Waals surface area (Å²) in [5, 5.41) is 3.21. The molecule has 0 heterocycles. The van der Waals surface area contributed by atoms with Gasteiger partial charge < -0.3 is 14.8 Å².